The van der Waals surface area contributed by atoms with E-state index in [1.54, 1.807) is 10.0 Å². The molecule has 0 aromatic heterocycles. The van der Waals surface area contributed by atoms with E-state index in [2.05, 4.69) is 10.9 Å². The van der Waals surface area contributed by atoms with Crippen LogP contribution in [0.25, 0.3) is 0 Å². The summed E-state index contributed by atoms with van der Waals surface area (Å²) in [4.78, 5) is 25.8. The number of hydrogen-bond donors (Lipinski definition) is 2. The molecule has 140 valence electrons. The Kier molecular flexibility index (Phi) is 6.04. The quantitative estimate of drug-likeness (QED) is 0.541. The van der Waals surface area contributed by atoms with Gasteiger partial charge in [-0.3, -0.25) is 30.5 Å². The summed E-state index contributed by atoms with van der Waals surface area (Å²) >= 11 is 10.7. The molecule has 0 aliphatic heterocycles. The third kappa shape index (κ3) is 4.88. The van der Waals surface area contributed by atoms with Gasteiger partial charge < -0.3 is 0 Å². The van der Waals surface area contributed by atoms with Gasteiger partial charge in [-0.2, -0.15) is 0 Å². The van der Waals surface area contributed by atoms with Crippen LogP contribution >= 0.6 is 24.4 Å². The second kappa shape index (κ2) is 7.53. The van der Waals surface area contributed by atoms with Gasteiger partial charge in [-0.05, 0) is 39.5 Å². The molecule has 2 saturated carbocycles. The summed E-state index contributed by atoms with van der Waals surface area (Å²) in [6.07, 6.45) is 3.98. The molecule has 2 aliphatic carbocycles. The highest BCUT2D eigenvalue weighted by atomic mass is 32.1. The van der Waals surface area contributed by atoms with Crippen molar-refractivity contribution >= 4 is 46.2 Å². The zero-order chi connectivity index (χ0) is 18.8. The van der Waals surface area contributed by atoms with Gasteiger partial charge in [-0.15, -0.1) is 0 Å². The number of nitrogens with zero attached hydrogens (tertiary/aromatic N) is 2. The summed E-state index contributed by atoms with van der Waals surface area (Å²) < 4.78 is 0. The maximum atomic E-state index is 12.4. The van der Waals surface area contributed by atoms with Gasteiger partial charge in [0.2, 0.25) is 11.8 Å². The van der Waals surface area contributed by atoms with E-state index in [0.717, 1.165) is 25.7 Å². The van der Waals surface area contributed by atoms with E-state index < -0.39 is 0 Å². The van der Waals surface area contributed by atoms with Crippen LogP contribution in [0.1, 0.15) is 59.8 Å². The van der Waals surface area contributed by atoms with E-state index in [-0.39, 0.29) is 22.6 Å². The van der Waals surface area contributed by atoms with E-state index in [4.69, 9.17) is 24.4 Å². The molecule has 8 heteroatoms. The number of thiocarbonyl (C=S) groups is 2. The van der Waals surface area contributed by atoms with Crippen molar-refractivity contribution in [2.75, 3.05) is 13.1 Å². The van der Waals surface area contributed by atoms with Gasteiger partial charge in [0, 0.05) is 23.9 Å². The minimum absolute atomic E-state index is 0.0725. The number of carbonyl (C=O) groups is 2. The molecule has 0 spiro atoms. The van der Waals surface area contributed by atoms with Crippen LogP contribution in [-0.2, 0) is 9.59 Å². The molecule has 25 heavy (non-hydrogen) atoms. The van der Waals surface area contributed by atoms with Crippen LogP contribution in [0.4, 0.5) is 0 Å². The molecule has 2 fully saturated rings. The second-order valence-corrected chi connectivity index (χ2v) is 8.45. The fraction of sp³-hybridized carbons (Fsp3) is 0.765. The second-order valence-electron chi connectivity index (χ2n) is 7.47. The Morgan fingerprint density at radius 3 is 1.40 bits per heavy atom. The van der Waals surface area contributed by atoms with Gasteiger partial charge in [-0.1, -0.05) is 38.3 Å². The zero-order valence-electron chi connectivity index (χ0n) is 15.5. The fourth-order valence-corrected chi connectivity index (χ4v) is 3.13. The van der Waals surface area contributed by atoms with Crippen molar-refractivity contribution in [2.24, 2.45) is 10.8 Å². The first kappa shape index (κ1) is 20.0. The van der Waals surface area contributed by atoms with E-state index in [9.17, 15) is 9.59 Å². The van der Waals surface area contributed by atoms with E-state index in [0.29, 0.717) is 29.5 Å². The topological polar surface area (TPSA) is 64.7 Å². The highest BCUT2D eigenvalue weighted by Gasteiger charge is 2.48. The van der Waals surface area contributed by atoms with Crippen molar-refractivity contribution in [2.45, 2.75) is 59.8 Å². The molecule has 0 atom stereocenters. The number of rotatable bonds is 6. The molecule has 0 unspecified atom stereocenters. The number of hydrogen-bond acceptors (Lipinski definition) is 4. The summed E-state index contributed by atoms with van der Waals surface area (Å²) in [6.45, 7) is 8.82. The van der Waals surface area contributed by atoms with Crippen molar-refractivity contribution in [3.8, 4) is 0 Å². The maximum absolute atomic E-state index is 12.4. The molecule has 2 N–H and O–H groups in total. The highest BCUT2D eigenvalue weighted by Crippen LogP contribution is 2.46. The van der Waals surface area contributed by atoms with Gasteiger partial charge in [0.25, 0.3) is 0 Å². The van der Waals surface area contributed by atoms with Crippen LogP contribution < -0.4 is 10.9 Å². The Balaban J connectivity index is 1.83. The predicted octanol–water partition coefficient (Wildman–Crippen LogP) is 2.34. The highest BCUT2D eigenvalue weighted by molar-refractivity contribution is 7.82. The number of carbonyl (C=O) groups excluding carboxylic acids is 2. The van der Waals surface area contributed by atoms with Gasteiger partial charge in [0.1, 0.15) is 9.98 Å². The van der Waals surface area contributed by atoms with Gasteiger partial charge >= 0.3 is 0 Å². The van der Waals surface area contributed by atoms with Crippen LogP contribution in [0.2, 0.25) is 0 Å². The van der Waals surface area contributed by atoms with Gasteiger partial charge in [-0.25, -0.2) is 0 Å². The fourth-order valence-electron chi connectivity index (χ4n) is 2.53. The molecule has 0 radical (unpaired) electrons. The number of amides is 2. The molecule has 6 nitrogen and oxygen atoms in total. The zero-order valence-corrected chi connectivity index (χ0v) is 17.1. The lowest BCUT2D eigenvalue weighted by Gasteiger charge is -2.28. The van der Waals surface area contributed by atoms with E-state index in [1.807, 2.05) is 27.7 Å². The van der Waals surface area contributed by atoms with E-state index >= 15 is 0 Å². The molecule has 0 saturated heterocycles. The average molecular weight is 385 g/mol. The summed E-state index contributed by atoms with van der Waals surface area (Å²) in [7, 11) is 0. The normalized spacial score (nSPS) is 18.7. The Labute approximate surface area is 160 Å². The van der Waals surface area contributed by atoms with Crippen LogP contribution in [0.3, 0.4) is 0 Å². The Bertz CT molecular complexity index is 535. The van der Waals surface area contributed by atoms with Crippen molar-refractivity contribution < 1.29 is 9.59 Å². The standard InChI is InChI=1S/C17H28N4O2S2/c1-5-20(14(22)16(3)7-8-16)18-12(24)11-13(25)19-21(6-2)15(23)17(4)9-10-17/h5-11H2,1-4H3,(H,18,24)(H,19,25). The Morgan fingerprint density at radius 2 is 1.16 bits per heavy atom. The molecular weight excluding hydrogens is 356 g/mol. The third-order valence-electron chi connectivity index (χ3n) is 5.00. The molecule has 0 aromatic rings. The summed E-state index contributed by atoms with van der Waals surface area (Å²) in [5, 5.41) is 3.12. The first-order chi connectivity index (χ1) is 11.6. The SMILES string of the molecule is CCN(NC(=S)CC(=S)NN(CC)C(=O)C1(C)CC1)C(=O)C1(C)CC1. The van der Waals surface area contributed by atoms with Crippen molar-refractivity contribution in [3.63, 3.8) is 0 Å². The summed E-state index contributed by atoms with van der Waals surface area (Å²) in [5.74, 6) is 0.145. The maximum Gasteiger partial charge on any atom is 0.246 e. The van der Waals surface area contributed by atoms with Gasteiger partial charge in [0.05, 0.1) is 6.42 Å². The lowest BCUT2D eigenvalue weighted by molar-refractivity contribution is -0.138. The molecule has 2 aliphatic rings. The monoisotopic (exact) mass is 384 g/mol. The lowest BCUT2D eigenvalue weighted by atomic mass is 10.1. The minimum Gasteiger partial charge on any atom is -0.289 e. The van der Waals surface area contributed by atoms with Crippen molar-refractivity contribution in [1.29, 1.82) is 0 Å². The van der Waals surface area contributed by atoms with Crippen molar-refractivity contribution in [1.82, 2.24) is 20.9 Å². The van der Waals surface area contributed by atoms with Crippen LogP contribution in [-0.4, -0.2) is 44.9 Å². The molecule has 0 bridgehead atoms. The lowest BCUT2D eigenvalue weighted by Crippen LogP contribution is -2.51. The first-order valence-electron chi connectivity index (χ1n) is 8.88. The van der Waals surface area contributed by atoms with Crippen LogP contribution in [0.5, 0.6) is 0 Å². The third-order valence-corrected chi connectivity index (χ3v) is 5.47. The van der Waals surface area contributed by atoms with Crippen LogP contribution in [0, 0.1) is 10.8 Å². The molecular formula is C17H28N4O2S2. The molecule has 2 rings (SSSR count). The molecule has 2 amide bonds. The first-order valence-corrected chi connectivity index (χ1v) is 9.70. The number of hydrazine groups is 2. The van der Waals surface area contributed by atoms with Gasteiger partial charge in [0.15, 0.2) is 0 Å². The Hall–Kier alpha value is -1.28. The smallest absolute Gasteiger partial charge is 0.246 e. The molecule has 0 aromatic carbocycles. The Morgan fingerprint density at radius 1 is 0.840 bits per heavy atom. The van der Waals surface area contributed by atoms with Crippen LogP contribution in [0.15, 0.2) is 0 Å². The number of nitrogens with one attached hydrogen (secondary N) is 2. The molecule has 0 heterocycles. The minimum atomic E-state index is -0.248. The van der Waals surface area contributed by atoms with Crippen molar-refractivity contribution in [3.05, 3.63) is 0 Å². The average Bonchev–Trinajstić information content (AvgIpc) is 3.48. The largest absolute Gasteiger partial charge is 0.289 e. The summed E-state index contributed by atoms with van der Waals surface area (Å²) in [6, 6.07) is 0. The predicted molar refractivity (Wildman–Crippen MR) is 106 cm³/mol. The van der Waals surface area contributed by atoms with E-state index in [1.165, 1.54) is 0 Å². The summed E-state index contributed by atoms with van der Waals surface area (Å²) in [5.41, 5.74) is 5.49.